The molecule has 0 bridgehead atoms. The number of anilines is 2. The number of rotatable bonds is 5. The van der Waals surface area contributed by atoms with E-state index in [0.717, 1.165) is 30.1 Å². The van der Waals surface area contributed by atoms with Gasteiger partial charge in [0.2, 0.25) is 0 Å². The number of carbonyl (C=O) groups excluding carboxylic acids is 1. The van der Waals surface area contributed by atoms with Crippen molar-refractivity contribution in [2.45, 2.75) is 39.8 Å². The Labute approximate surface area is 187 Å². The van der Waals surface area contributed by atoms with Gasteiger partial charge in [-0.1, -0.05) is 0 Å². The molecule has 1 amide bonds. The Morgan fingerprint density at radius 2 is 1.97 bits per heavy atom. The second-order valence-corrected chi connectivity index (χ2v) is 7.73. The third kappa shape index (κ3) is 5.05. The summed E-state index contributed by atoms with van der Waals surface area (Å²) in [4.78, 5) is 24.0. The number of carbonyl (C=O) groups is 1. The smallest absolute Gasteiger partial charge is 0.260 e. The lowest BCUT2D eigenvalue weighted by atomic mass is 10.1. The molecule has 1 fully saturated rings. The summed E-state index contributed by atoms with van der Waals surface area (Å²) in [7, 11) is 0. The van der Waals surface area contributed by atoms with E-state index in [-0.39, 0.29) is 18.3 Å². The predicted octanol–water partition coefficient (Wildman–Crippen LogP) is 2.69. The lowest BCUT2D eigenvalue weighted by molar-refractivity contribution is 0.102. The lowest BCUT2D eigenvalue weighted by Gasteiger charge is -2.36. The summed E-state index contributed by atoms with van der Waals surface area (Å²) < 4.78 is 7.37. The Morgan fingerprint density at radius 1 is 1.23 bits per heavy atom. The summed E-state index contributed by atoms with van der Waals surface area (Å²) in [6.07, 6.45) is 5.02. The van der Waals surface area contributed by atoms with Gasteiger partial charge in [-0.05, 0) is 39.8 Å². The second kappa shape index (κ2) is 9.49. The van der Waals surface area contributed by atoms with Crippen LogP contribution in [0.25, 0.3) is 5.52 Å². The number of hydrogen-bond acceptors (Lipinski definition) is 7. The van der Waals surface area contributed by atoms with Gasteiger partial charge in [0, 0.05) is 25.2 Å². The van der Waals surface area contributed by atoms with Crippen LogP contribution < -0.4 is 20.3 Å². The maximum absolute atomic E-state index is 12.9. The van der Waals surface area contributed by atoms with E-state index >= 15 is 0 Å². The Hall–Kier alpha value is -2.91. The van der Waals surface area contributed by atoms with Crippen molar-refractivity contribution in [3.63, 3.8) is 0 Å². The van der Waals surface area contributed by atoms with Gasteiger partial charge >= 0.3 is 0 Å². The van der Waals surface area contributed by atoms with Crippen LogP contribution in [0.1, 0.15) is 36.8 Å². The van der Waals surface area contributed by atoms with Gasteiger partial charge in [-0.15, -0.1) is 12.4 Å². The number of pyridine rings is 1. The van der Waals surface area contributed by atoms with Gasteiger partial charge in [-0.3, -0.25) is 4.79 Å². The van der Waals surface area contributed by atoms with Gasteiger partial charge < -0.3 is 20.3 Å². The van der Waals surface area contributed by atoms with Gasteiger partial charge in [0.05, 0.1) is 42.0 Å². The van der Waals surface area contributed by atoms with Crippen LogP contribution in [0.3, 0.4) is 0 Å². The Bertz CT molecular complexity index is 1040. The molecule has 0 radical (unpaired) electrons. The zero-order chi connectivity index (χ0) is 21.3. The van der Waals surface area contributed by atoms with Crippen molar-refractivity contribution in [2.24, 2.45) is 0 Å². The molecule has 0 unspecified atom stereocenters. The van der Waals surface area contributed by atoms with Gasteiger partial charge in [0.1, 0.15) is 11.6 Å². The minimum atomic E-state index is -0.300. The molecule has 4 rings (SSSR count). The summed E-state index contributed by atoms with van der Waals surface area (Å²) in [5, 5.41) is 10.7. The molecule has 166 valence electrons. The van der Waals surface area contributed by atoms with Crippen molar-refractivity contribution in [3.8, 4) is 5.75 Å². The van der Waals surface area contributed by atoms with Crippen molar-refractivity contribution in [3.05, 3.63) is 42.0 Å². The molecule has 0 aliphatic carbocycles. The molecule has 3 aromatic heterocycles. The van der Waals surface area contributed by atoms with Crippen molar-refractivity contribution < 1.29 is 9.53 Å². The third-order valence-electron chi connectivity index (χ3n) is 4.99. The number of fused-ring (bicyclic) bond motifs is 1. The number of piperazine rings is 1. The molecular formula is C21H28ClN7O2. The van der Waals surface area contributed by atoms with Crippen molar-refractivity contribution >= 4 is 35.5 Å². The first-order valence-electron chi connectivity index (χ1n) is 10.2. The van der Waals surface area contributed by atoms with E-state index in [2.05, 4.69) is 44.4 Å². The van der Waals surface area contributed by atoms with Crippen molar-refractivity contribution in [1.82, 2.24) is 24.9 Å². The predicted molar refractivity (Wildman–Crippen MR) is 123 cm³/mol. The minimum absolute atomic E-state index is 0. The molecule has 4 heterocycles. The summed E-state index contributed by atoms with van der Waals surface area (Å²) >= 11 is 0. The number of ether oxygens (including phenoxy) is 1. The topological polar surface area (TPSA) is 96.7 Å². The maximum atomic E-state index is 12.9. The monoisotopic (exact) mass is 445 g/mol. The van der Waals surface area contributed by atoms with E-state index in [1.807, 2.05) is 19.9 Å². The molecule has 0 saturated carbocycles. The number of nitrogens with one attached hydrogen (secondary N) is 2. The van der Waals surface area contributed by atoms with Crippen LogP contribution in [-0.2, 0) is 0 Å². The molecule has 2 atom stereocenters. The number of nitrogens with zero attached hydrogens (tertiary/aromatic N) is 5. The zero-order valence-corrected chi connectivity index (χ0v) is 18.9. The molecule has 0 aromatic carbocycles. The lowest BCUT2D eigenvalue weighted by Crippen LogP contribution is -2.54. The first kappa shape index (κ1) is 22.8. The SMILES string of the molecule is CCOc1cn2nc(C)cc2cc1C(=O)Nc1cnc(N2C[C@@H](C)N[C@@H](C)C2)cn1.Cl. The highest BCUT2D eigenvalue weighted by atomic mass is 35.5. The Kier molecular flexibility index (Phi) is 6.97. The first-order chi connectivity index (χ1) is 14.4. The van der Waals surface area contributed by atoms with E-state index in [9.17, 15) is 4.79 Å². The molecule has 1 aliphatic rings. The molecule has 1 aliphatic heterocycles. The third-order valence-corrected chi connectivity index (χ3v) is 4.99. The average molecular weight is 446 g/mol. The van der Waals surface area contributed by atoms with E-state index < -0.39 is 0 Å². The maximum Gasteiger partial charge on any atom is 0.260 e. The fourth-order valence-corrected chi connectivity index (χ4v) is 3.84. The van der Waals surface area contributed by atoms with Gasteiger partial charge in [0.15, 0.2) is 5.82 Å². The van der Waals surface area contributed by atoms with Crippen molar-refractivity contribution in [1.29, 1.82) is 0 Å². The number of amides is 1. The van der Waals surface area contributed by atoms with Crippen molar-refractivity contribution in [2.75, 3.05) is 29.9 Å². The Balaban J connectivity index is 0.00000272. The van der Waals surface area contributed by atoms with Crippen LogP contribution in [0.4, 0.5) is 11.6 Å². The molecule has 31 heavy (non-hydrogen) atoms. The average Bonchev–Trinajstić information content (AvgIpc) is 3.06. The normalized spacial score (nSPS) is 18.5. The number of halogens is 1. The fourth-order valence-electron chi connectivity index (χ4n) is 3.84. The number of hydrogen-bond donors (Lipinski definition) is 2. The molecule has 10 heteroatoms. The van der Waals surface area contributed by atoms with E-state index in [4.69, 9.17) is 4.74 Å². The van der Waals surface area contributed by atoms with Crippen LogP contribution >= 0.6 is 12.4 Å². The first-order valence-corrected chi connectivity index (χ1v) is 10.2. The van der Waals surface area contributed by atoms with Crippen LogP contribution in [0.2, 0.25) is 0 Å². The zero-order valence-electron chi connectivity index (χ0n) is 18.1. The highest BCUT2D eigenvalue weighted by Gasteiger charge is 2.22. The summed E-state index contributed by atoms with van der Waals surface area (Å²) in [5.41, 5.74) is 2.12. The largest absolute Gasteiger partial charge is 0.491 e. The molecule has 3 aromatic rings. The Morgan fingerprint density at radius 3 is 2.61 bits per heavy atom. The van der Waals surface area contributed by atoms with Crippen LogP contribution in [0.5, 0.6) is 5.75 Å². The molecule has 2 N–H and O–H groups in total. The van der Waals surface area contributed by atoms with E-state index in [1.165, 1.54) is 0 Å². The highest BCUT2D eigenvalue weighted by molar-refractivity contribution is 6.06. The van der Waals surface area contributed by atoms with E-state index in [0.29, 0.717) is 35.8 Å². The van der Waals surface area contributed by atoms with Gasteiger partial charge in [-0.2, -0.15) is 5.10 Å². The standard InChI is InChI=1S/C21H27N7O2.ClH/c1-5-30-18-12-28-16(6-13(2)26-28)7-17(18)21(29)25-19-8-23-20(9-22-19)27-10-14(3)24-15(4)11-27;/h6-9,12,14-15,24H,5,10-11H2,1-4H3,(H,22,25,29);1H/t14-,15+;. The summed E-state index contributed by atoms with van der Waals surface area (Å²) in [6, 6.07) is 4.45. The molecule has 1 saturated heterocycles. The summed E-state index contributed by atoms with van der Waals surface area (Å²) in [5.74, 6) is 1.37. The van der Waals surface area contributed by atoms with Crippen LogP contribution in [-0.4, -0.2) is 57.3 Å². The van der Waals surface area contributed by atoms with Gasteiger partial charge in [-0.25, -0.2) is 14.5 Å². The second-order valence-electron chi connectivity index (χ2n) is 7.73. The quantitative estimate of drug-likeness (QED) is 0.623. The number of aromatic nitrogens is 4. The molecule has 9 nitrogen and oxygen atoms in total. The van der Waals surface area contributed by atoms with Crippen LogP contribution in [0.15, 0.2) is 30.7 Å². The minimum Gasteiger partial charge on any atom is -0.491 e. The summed E-state index contributed by atoms with van der Waals surface area (Å²) in [6.45, 7) is 10.3. The fraction of sp³-hybridized carbons (Fsp3) is 0.429. The van der Waals surface area contributed by atoms with E-state index in [1.54, 1.807) is 29.2 Å². The highest BCUT2D eigenvalue weighted by Crippen LogP contribution is 2.23. The van der Waals surface area contributed by atoms with Gasteiger partial charge in [0.25, 0.3) is 5.91 Å². The molecule has 0 spiro atoms. The molecular weight excluding hydrogens is 418 g/mol. The number of aryl methyl sites for hydroxylation is 1. The van der Waals surface area contributed by atoms with Crippen LogP contribution in [0, 0.1) is 6.92 Å².